The Balaban J connectivity index is 1.47. The molecule has 1 amide bonds. The highest BCUT2D eigenvalue weighted by Gasteiger charge is 2.39. The molecule has 0 saturated heterocycles. The maximum atomic E-state index is 13.8. The first kappa shape index (κ1) is 23.9. The van der Waals surface area contributed by atoms with Gasteiger partial charge in [0, 0.05) is 28.6 Å². The summed E-state index contributed by atoms with van der Waals surface area (Å²) in [6, 6.07) is 30.7. The number of aryl methyl sites for hydroxylation is 1. The van der Waals surface area contributed by atoms with Gasteiger partial charge in [0.25, 0.3) is 5.91 Å². The summed E-state index contributed by atoms with van der Waals surface area (Å²) in [6.07, 6.45) is 0.693. The molecule has 5 nitrogen and oxygen atoms in total. The summed E-state index contributed by atoms with van der Waals surface area (Å²) in [5, 5.41) is 1.13. The summed E-state index contributed by atoms with van der Waals surface area (Å²) >= 11 is 0. The van der Waals surface area contributed by atoms with Crippen molar-refractivity contribution < 1.29 is 14.3 Å². The Morgan fingerprint density at radius 2 is 1.58 bits per heavy atom. The van der Waals surface area contributed by atoms with Crippen LogP contribution in [0.15, 0.2) is 91.0 Å². The first-order chi connectivity index (χ1) is 18.6. The van der Waals surface area contributed by atoms with Crippen molar-refractivity contribution in [3.63, 3.8) is 0 Å². The van der Waals surface area contributed by atoms with Gasteiger partial charge < -0.3 is 19.4 Å². The molecule has 0 spiro atoms. The Labute approximate surface area is 222 Å². The van der Waals surface area contributed by atoms with Crippen molar-refractivity contribution in [3.05, 3.63) is 119 Å². The average molecular weight is 503 g/mol. The van der Waals surface area contributed by atoms with E-state index in [9.17, 15) is 4.79 Å². The zero-order chi connectivity index (χ0) is 26.2. The molecule has 0 fully saturated rings. The number of hydrogen-bond donors (Lipinski definition) is 1. The molecule has 0 radical (unpaired) electrons. The number of aromatic amines is 1. The molecule has 6 rings (SSSR count). The highest BCUT2D eigenvalue weighted by molar-refractivity contribution is 6.02. The minimum Gasteiger partial charge on any atom is -0.493 e. The highest BCUT2D eigenvalue weighted by atomic mass is 16.5. The predicted octanol–water partition coefficient (Wildman–Crippen LogP) is 6.95. The molecule has 5 aromatic rings. The van der Waals surface area contributed by atoms with E-state index in [0.29, 0.717) is 24.5 Å². The number of benzene rings is 4. The SMILES string of the molecule is COc1ccc(CCN2C(=O)c3ccccc3C2c2c(-c3ccc(C)cc3)[nH]c3ccccc23)cc1OC. The van der Waals surface area contributed by atoms with Crippen LogP contribution in [0.3, 0.4) is 0 Å². The molecule has 1 atom stereocenters. The molecule has 1 aromatic heterocycles. The van der Waals surface area contributed by atoms with Gasteiger partial charge in [-0.25, -0.2) is 0 Å². The van der Waals surface area contributed by atoms with Crippen LogP contribution in [0.4, 0.5) is 0 Å². The van der Waals surface area contributed by atoms with Crippen molar-refractivity contribution in [1.82, 2.24) is 9.88 Å². The fourth-order valence-electron chi connectivity index (χ4n) is 5.59. The Kier molecular flexibility index (Phi) is 6.12. The molecule has 1 unspecified atom stereocenters. The predicted molar refractivity (Wildman–Crippen MR) is 151 cm³/mol. The van der Waals surface area contributed by atoms with Crippen molar-refractivity contribution in [2.24, 2.45) is 0 Å². The molecule has 190 valence electrons. The van der Waals surface area contributed by atoms with Gasteiger partial charge in [-0.3, -0.25) is 4.79 Å². The van der Waals surface area contributed by atoms with Crippen molar-refractivity contribution in [1.29, 1.82) is 0 Å². The van der Waals surface area contributed by atoms with Gasteiger partial charge in [-0.05, 0) is 54.3 Å². The summed E-state index contributed by atoms with van der Waals surface area (Å²) in [5.74, 6) is 1.45. The number of carbonyl (C=O) groups is 1. The minimum atomic E-state index is -0.203. The maximum Gasteiger partial charge on any atom is 0.255 e. The molecule has 1 aliphatic heterocycles. The van der Waals surface area contributed by atoms with E-state index in [1.807, 2.05) is 47.4 Å². The van der Waals surface area contributed by atoms with Crippen LogP contribution in [0.25, 0.3) is 22.2 Å². The molecule has 2 heterocycles. The van der Waals surface area contributed by atoms with E-state index >= 15 is 0 Å². The van der Waals surface area contributed by atoms with Gasteiger partial charge in [-0.15, -0.1) is 0 Å². The Morgan fingerprint density at radius 3 is 2.37 bits per heavy atom. The lowest BCUT2D eigenvalue weighted by Crippen LogP contribution is -2.31. The van der Waals surface area contributed by atoms with E-state index in [2.05, 4.69) is 60.4 Å². The van der Waals surface area contributed by atoms with Crippen LogP contribution in [-0.2, 0) is 6.42 Å². The Morgan fingerprint density at radius 1 is 0.842 bits per heavy atom. The van der Waals surface area contributed by atoms with Crippen molar-refractivity contribution in [2.45, 2.75) is 19.4 Å². The van der Waals surface area contributed by atoms with Gasteiger partial charge >= 0.3 is 0 Å². The third kappa shape index (κ3) is 4.01. The molecule has 0 aliphatic carbocycles. The zero-order valence-corrected chi connectivity index (χ0v) is 21.8. The Hall–Kier alpha value is -4.51. The van der Waals surface area contributed by atoms with Gasteiger partial charge in [-0.2, -0.15) is 0 Å². The van der Waals surface area contributed by atoms with Crippen LogP contribution in [-0.4, -0.2) is 36.6 Å². The number of ether oxygens (including phenoxy) is 2. The first-order valence-electron chi connectivity index (χ1n) is 12.9. The fraction of sp³-hybridized carbons (Fsp3) is 0.182. The summed E-state index contributed by atoms with van der Waals surface area (Å²) in [4.78, 5) is 19.5. The number of fused-ring (bicyclic) bond motifs is 2. The van der Waals surface area contributed by atoms with Crippen LogP contribution in [0.2, 0.25) is 0 Å². The van der Waals surface area contributed by atoms with Gasteiger partial charge in [-0.1, -0.05) is 72.3 Å². The highest BCUT2D eigenvalue weighted by Crippen LogP contribution is 2.45. The first-order valence-corrected chi connectivity index (χ1v) is 12.9. The monoisotopic (exact) mass is 502 g/mol. The molecule has 4 aromatic carbocycles. The summed E-state index contributed by atoms with van der Waals surface area (Å²) in [7, 11) is 3.27. The van der Waals surface area contributed by atoms with Gasteiger partial charge in [0.2, 0.25) is 0 Å². The third-order valence-electron chi connectivity index (χ3n) is 7.51. The Bertz CT molecular complexity index is 1630. The minimum absolute atomic E-state index is 0.0613. The number of H-pyrrole nitrogens is 1. The summed E-state index contributed by atoms with van der Waals surface area (Å²) in [6.45, 7) is 2.66. The number of aromatic nitrogens is 1. The standard InChI is InChI=1S/C33H30N2O3/c1-21-12-15-23(16-13-21)31-30(26-10-6-7-11-27(26)34-31)32-24-8-4-5-9-25(24)33(36)35(32)19-18-22-14-17-28(37-2)29(20-22)38-3/h4-17,20,32,34H,18-19H2,1-3H3. The number of nitrogens with one attached hydrogen (secondary N) is 1. The van der Waals surface area contributed by atoms with E-state index in [1.54, 1.807) is 14.2 Å². The lowest BCUT2D eigenvalue weighted by atomic mass is 9.93. The number of carbonyl (C=O) groups excluding carboxylic acids is 1. The quantitative estimate of drug-likeness (QED) is 0.262. The number of para-hydroxylation sites is 1. The second-order valence-electron chi connectivity index (χ2n) is 9.75. The van der Waals surface area contributed by atoms with Crippen LogP contribution in [0.1, 0.15) is 38.7 Å². The largest absolute Gasteiger partial charge is 0.493 e. The second-order valence-corrected chi connectivity index (χ2v) is 9.75. The van der Waals surface area contributed by atoms with Gasteiger partial charge in [0.15, 0.2) is 11.5 Å². The molecular weight excluding hydrogens is 472 g/mol. The van der Waals surface area contributed by atoms with E-state index < -0.39 is 0 Å². The second kappa shape index (κ2) is 9.75. The number of nitrogens with zero attached hydrogens (tertiary/aromatic N) is 1. The van der Waals surface area contributed by atoms with E-state index in [4.69, 9.17) is 9.47 Å². The van der Waals surface area contributed by atoms with E-state index in [0.717, 1.165) is 44.4 Å². The smallest absolute Gasteiger partial charge is 0.255 e. The third-order valence-corrected chi connectivity index (χ3v) is 7.51. The fourth-order valence-corrected chi connectivity index (χ4v) is 5.59. The summed E-state index contributed by atoms with van der Waals surface area (Å²) < 4.78 is 10.9. The van der Waals surface area contributed by atoms with E-state index in [1.165, 1.54) is 5.56 Å². The van der Waals surface area contributed by atoms with Crippen molar-refractivity contribution in [3.8, 4) is 22.8 Å². The number of rotatable bonds is 7. The van der Waals surface area contributed by atoms with Crippen molar-refractivity contribution >= 4 is 16.8 Å². The normalized spacial score (nSPS) is 14.7. The molecule has 38 heavy (non-hydrogen) atoms. The number of hydrogen-bond acceptors (Lipinski definition) is 3. The van der Waals surface area contributed by atoms with Crippen LogP contribution < -0.4 is 9.47 Å². The average Bonchev–Trinajstić information content (AvgIpc) is 3.47. The molecule has 0 saturated carbocycles. The van der Waals surface area contributed by atoms with Crippen molar-refractivity contribution in [2.75, 3.05) is 20.8 Å². The molecule has 1 N–H and O–H groups in total. The summed E-state index contributed by atoms with van der Waals surface area (Å²) in [5.41, 5.74) is 8.47. The lowest BCUT2D eigenvalue weighted by molar-refractivity contribution is 0.0753. The topological polar surface area (TPSA) is 54.6 Å². The lowest BCUT2D eigenvalue weighted by Gasteiger charge is -2.27. The maximum absolute atomic E-state index is 13.8. The van der Waals surface area contributed by atoms with Gasteiger partial charge in [0.05, 0.1) is 26.0 Å². The molecule has 5 heteroatoms. The molecule has 1 aliphatic rings. The van der Waals surface area contributed by atoms with Crippen LogP contribution in [0, 0.1) is 6.92 Å². The van der Waals surface area contributed by atoms with Crippen LogP contribution >= 0.6 is 0 Å². The van der Waals surface area contributed by atoms with E-state index in [-0.39, 0.29) is 11.9 Å². The number of amides is 1. The van der Waals surface area contributed by atoms with Gasteiger partial charge in [0.1, 0.15) is 0 Å². The van der Waals surface area contributed by atoms with Crippen LogP contribution in [0.5, 0.6) is 11.5 Å². The zero-order valence-electron chi connectivity index (χ0n) is 21.8. The number of methoxy groups -OCH3 is 2. The molecular formula is C33H30N2O3. The molecule has 0 bridgehead atoms.